The first-order chi connectivity index (χ1) is 7.15. The normalized spacial score (nSPS) is 9.80. The van der Waals surface area contributed by atoms with Gasteiger partial charge in [-0.25, -0.2) is 0 Å². The third-order valence-electron chi connectivity index (χ3n) is 2.06. The van der Waals surface area contributed by atoms with Crippen LogP contribution in [-0.4, -0.2) is 26.1 Å². The molecule has 0 spiro atoms. The number of rotatable bonds is 4. The second kappa shape index (κ2) is 5.36. The number of anilines is 1. The maximum absolute atomic E-state index is 11.1. The SMILES string of the molecule is CC(=O)N(C)c1cccc(OCCN)c1. The summed E-state index contributed by atoms with van der Waals surface area (Å²) in [4.78, 5) is 12.7. The summed E-state index contributed by atoms with van der Waals surface area (Å²) in [6.07, 6.45) is 0. The molecule has 0 saturated heterocycles. The van der Waals surface area contributed by atoms with E-state index in [9.17, 15) is 4.79 Å². The van der Waals surface area contributed by atoms with E-state index in [1.54, 1.807) is 11.9 Å². The van der Waals surface area contributed by atoms with Crippen LogP contribution in [0.2, 0.25) is 0 Å². The van der Waals surface area contributed by atoms with Crippen molar-refractivity contribution in [2.45, 2.75) is 6.92 Å². The average Bonchev–Trinajstić information content (AvgIpc) is 2.25. The summed E-state index contributed by atoms with van der Waals surface area (Å²) in [7, 11) is 1.73. The molecule has 0 aliphatic rings. The van der Waals surface area contributed by atoms with Crippen LogP contribution in [0.4, 0.5) is 5.69 Å². The molecule has 4 heteroatoms. The van der Waals surface area contributed by atoms with Gasteiger partial charge in [-0.15, -0.1) is 0 Å². The topological polar surface area (TPSA) is 55.6 Å². The second-order valence-electron chi connectivity index (χ2n) is 3.21. The highest BCUT2D eigenvalue weighted by Gasteiger charge is 2.05. The lowest BCUT2D eigenvalue weighted by Crippen LogP contribution is -2.22. The van der Waals surface area contributed by atoms with Crippen molar-refractivity contribution in [1.82, 2.24) is 0 Å². The van der Waals surface area contributed by atoms with Crippen molar-refractivity contribution in [2.24, 2.45) is 5.73 Å². The lowest BCUT2D eigenvalue weighted by molar-refractivity contribution is -0.116. The van der Waals surface area contributed by atoms with Gasteiger partial charge in [-0.05, 0) is 12.1 Å². The number of amides is 1. The molecule has 1 aromatic carbocycles. The quantitative estimate of drug-likeness (QED) is 0.803. The number of benzene rings is 1. The van der Waals surface area contributed by atoms with Crippen LogP contribution in [0, 0.1) is 0 Å². The molecule has 15 heavy (non-hydrogen) atoms. The lowest BCUT2D eigenvalue weighted by Gasteiger charge is -2.15. The highest BCUT2D eigenvalue weighted by molar-refractivity contribution is 5.90. The number of ether oxygens (including phenoxy) is 1. The third-order valence-corrected chi connectivity index (χ3v) is 2.06. The molecule has 0 atom stereocenters. The minimum atomic E-state index is -0.00836. The van der Waals surface area contributed by atoms with Gasteiger partial charge in [-0.1, -0.05) is 6.07 Å². The minimum Gasteiger partial charge on any atom is -0.492 e. The molecule has 4 nitrogen and oxygen atoms in total. The molecule has 0 bridgehead atoms. The van der Waals surface area contributed by atoms with Crippen LogP contribution in [0.25, 0.3) is 0 Å². The fraction of sp³-hybridized carbons (Fsp3) is 0.364. The minimum absolute atomic E-state index is 0.00836. The highest BCUT2D eigenvalue weighted by atomic mass is 16.5. The Morgan fingerprint density at radius 3 is 2.87 bits per heavy atom. The van der Waals surface area contributed by atoms with Gasteiger partial charge < -0.3 is 15.4 Å². The molecule has 0 unspecified atom stereocenters. The zero-order valence-electron chi connectivity index (χ0n) is 9.06. The number of hydrogen-bond donors (Lipinski definition) is 1. The summed E-state index contributed by atoms with van der Waals surface area (Å²) in [6, 6.07) is 7.36. The van der Waals surface area contributed by atoms with Crippen LogP contribution in [0.3, 0.4) is 0 Å². The number of hydrogen-bond acceptors (Lipinski definition) is 3. The van der Waals surface area contributed by atoms with Crippen molar-refractivity contribution < 1.29 is 9.53 Å². The van der Waals surface area contributed by atoms with E-state index < -0.39 is 0 Å². The Kier molecular flexibility index (Phi) is 4.12. The first-order valence-corrected chi connectivity index (χ1v) is 4.82. The van der Waals surface area contributed by atoms with E-state index in [4.69, 9.17) is 10.5 Å². The number of nitrogens with zero attached hydrogens (tertiary/aromatic N) is 1. The number of carbonyl (C=O) groups excluding carboxylic acids is 1. The smallest absolute Gasteiger partial charge is 0.223 e. The Morgan fingerprint density at radius 2 is 2.27 bits per heavy atom. The Bertz CT molecular complexity index is 339. The molecule has 1 rings (SSSR count). The zero-order chi connectivity index (χ0) is 11.3. The van der Waals surface area contributed by atoms with E-state index in [0.29, 0.717) is 13.2 Å². The van der Waals surface area contributed by atoms with E-state index in [1.807, 2.05) is 24.3 Å². The molecule has 1 aromatic rings. The number of carbonyl (C=O) groups is 1. The Balaban J connectivity index is 2.77. The van der Waals surface area contributed by atoms with Gasteiger partial charge in [0.1, 0.15) is 12.4 Å². The molecule has 0 aliphatic carbocycles. The summed E-state index contributed by atoms with van der Waals surface area (Å²) in [5.41, 5.74) is 6.15. The van der Waals surface area contributed by atoms with Crippen molar-refractivity contribution in [3.63, 3.8) is 0 Å². The van der Waals surface area contributed by atoms with E-state index in [2.05, 4.69) is 0 Å². The van der Waals surface area contributed by atoms with Gasteiger partial charge in [0.15, 0.2) is 0 Å². The summed E-state index contributed by atoms with van der Waals surface area (Å²) >= 11 is 0. The van der Waals surface area contributed by atoms with Gasteiger partial charge >= 0.3 is 0 Å². The summed E-state index contributed by atoms with van der Waals surface area (Å²) in [5.74, 6) is 0.719. The molecule has 82 valence electrons. The first-order valence-electron chi connectivity index (χ1n) is 4.82. The maximum atomic E-state index is 11.1. The molecular formula is C11H16N2O2. The van der Waals surface area contributed by atoms with Crippen molar-refractivity contribution in [1.29, 1.82) is 0 Å². The molecule has 0 aliphatic heterocycles. The van der Waals surface area contributed by atoms with Gasteiger partial charge in [0.2, 0.25) is 5.91 Å². The Morgan fingerprint density at radius 1 is 1.53 bits per heavy atom. The van der Waals surface area contributed by atoms with Crippen LogP contribution in [0.1, 0.15) is 6.92 Å². The van der Waals surface area contributed by atoms with Gasteiger partial charge in [-0.2, -0.15) is 0 Å². The van der Waals surface area contributed by atoms with Crippen molar-refractivity contribution in [3.05, 3.63) is 24.3 Å². The first kappa shape index (κ1) is 11.5. The Labute approximate surface area is 89.6 Å². The molecule has 2 N–H and O–H groups in total. The van der Waals surface area contributed by atoms with Crippen LogP contribution < -0.4 is 15.4 Å². The summed E-state index contributed by atoms with van der Waals surface area (Å²) in [5, 5.41) is 0. The van der Waals surface area contributed by atoms with Crippen molar-refractivity contribution in [3.8, 4) is 5.75 Å². The van der Waals surface area contributed by atoms with Crippen LogP contribution in [-0.2, 0) is 4.79 Å². The fourth-order valence-electron chi connectivity index (χ4n) is 1.14. The standard InChI is InChI=1S/C11H16N2O2/c1-9(14)13(2)10-4-3-5-11(8-10)15-7-6-12/h3-5,8H,6-7,12H2,1-2H3. The molecule has 0 heterocycles. The third kappa shape index (κ3) is 3.25. The lowest BCUT2D eigenvalue weighted by atomic mass is 10.3. The van der Waals surface area contributed by atoms with Gasteiger partial charge in [-0.3, -0.25) is 4.79 Å². The fourth-order valence-corrected chi connectivity index (χ4v) is 1.14. The molecule has 1 amide bonds. The van der Waals surface area contributed by atoms with Crippen LogP contribution in [0.15, 0.2) is 24.3 Å². The second-order valence-corrected chi connectivity index (χ2v) is 3.21. The highest BCUT2D eigenvalue weighted by Crippen LogP contribution is 2.20. The maximum Gasteiger partial charge on any atom is 0.223 e. The average molecular weight is 208 g/mol. The monoisotopic (exact) mass is 208 g/mol. The van der Waals surface area contributed by atoms with E-state index >= 15 is 0 Å². The van der Waals surface area contributed by atoms with Gasteiger partial charge in [0, 0.05) is 32.3 Å². The van der Waals surface area contributed by atoms with Crippen molar-refractivity contribution in [2.75, 3.05) is 25.1 Å². The van der Waals surface area contributed by atoms with E-state index in [0.717, 1.165) is 11.4 Å². The molecule has 0 fully saturated rings. The predicted molar refractivity (Wildman–Crippen MR) is 60.1 cm³/mol. The van der Waals surface area contributed by atoms with Crippen LogP contribution >= 0.6 is 0 Å². The van der Waals surface area contributed by atoms with Crippen LogP contribution in [0.5, 0.6) is 5.75 Å². The van der Waals surface area contributed by atoms with E-state index in [-0.39, 0.29) is 5.91 Å². The number of nitrogens with two attached hydrogens (primary N) is 1. The van der Waals surface area contributed by atoms with Gasteiger partial charge in [0.25, 0.3) is 0 Å². The molecule has 0 radical (unpaired) electrons. The largest absolute Gasteiger partial charge is 0.492 e. The Hall–Kier alpha value is -1.55. The summed E-state index contributed by atoms with van der Waals surface area (Å²) in [6.45, 7) is 2.48. The molecule has 0 aromatic heterocycles. The molecular weight excluding hydrogens is 192 g/mol. The summed E-state index contributed by atoms with van der Waals surface area (Å²) < 4.78 is 5.36. The van der Waals surface area contributed by atoms with Gasteiger partial charge in [0.05, 0.1) is 0 Å². The van der Waals surface area contributed by atoms with E-state index in [1.165, 1.54) is 6.92 Å². The van der Waals surface area contributed by atoms with Crippen molar-refractivity contribution >= 4 is 11.6 Å². The molecule has 0 saturated carbocycles. The zero-order valence-corrected chi connectivity index (χ0v) is 9.06. The predicted octanol–water partition coefficient (Wildman–Crippen LogP) is 1.01.